The molecule has 1 aliphatic carbocycles. The van der Waals surface area contributed by atoms with Crippen LogP contribution in [0.15, 0.2) is 0 Å². The fourth-order valence-corrected chi connectivity index (χ4v) is 3.25. The van der Waals surface area contributed by atoms with Crippen molar-refractivity contribution in [3.05, 3.63) is 0 Å². The predicted molar refractivity (Wildman–Crippen MR) is 60.5 cm³/mol. The molecule has 16 heavy (non-hydrogen) atoms. The molecular formula is C12H19ClO3. The molecule has 92 valence electrons. The first kappa shape index (κ1) is 11.3. The van der Waals surface area contributed by atoms with Crippen LogP contribution < -0.4 is 0 Å². The first-order valence-electron chi connectivity index (χ1n) is 6.13. The lowest BCUT2D eigenvalue weighted by molar-refractivity contribution is -0.116. The normalized spacial score (nSPS) is 56.1. The van der Waals surface area contributed by atoms with Crippen molar-refractivity contribution >= 4 is 11.6 Å². The highest BCUT2D eigenvalue weighted by Gasteiger charge is 2.59. The molecule has 0 bridgehead atoms. The van der Waals surface area contributed by atoms with Gasteiger partial charge in [0.05, 0.1) is 30.3 Å². The third-order valence-electron chi connectivity index (χ3n) is 4.29. The average molecular weight is 247 g/mol. The average Bonchev–Trinajstić information content (AvgIpc) is 2.74. The number of epoxide rings is 1. The smallest absolute Gasteiger partial charge is 0.161 e. The molecule has 2 aliphatic heterocycles. The number of ether oxygens (including phenoxy) is 3. The topological polar surface area (TPSA) is 31.0 Å². The molecule has 0 amide bonds. The molecule has 3 rings (SSSR count). The first-order chi connectivity index (χ1) is 7.62. The summed E-state index contributed by atoms with van der Waals surface area (Å²) >= 11 is 5.78. The zero-order chi connectivity index (χ0) is 11.3. The van der Waals surface area contributed by atoms with Crippen molar-refractivity contribution in [3.63, 3.8) is 0 Å². The van der Waals surface area contributed by atoms with Crippen LogP contribution >= 0.6 is 11.6 Å². The van der Waals surface area contributed by atoms with Gasteiger partial charge in [0.25, 0.3) is 0 Å². The summed E-state index contributed by atoms with van der Waals surface area (Å²) < 4.78 is 17.3. The molecular weight excluding hydrogens is 228 g/mol. The van der Waals surface area contributed by atoms with Crippen molar-refractivity contribution in [3.8, 4) is 0 Å². The molecule has 3 fully saturated rings. The molecule has 2 saturated heterocycles. The molecule has 0 aromatic carbocycles. The van der Waals surface area contributed by atoms with E-state index in [-0.39, 0.29) is 18.0 Å². The number of hydrogen-bond donors (Lipinski definition) is 0. The first-order valence-corrected chi connectivity index (χ1v) is 6.66. The van der Waals surface area contributed by atoms with Crippen molar-refractivity contribution < 1.29 is 14.2 Å². The molecule has 6 atom stereocenters. The molecule has 3 aliphatic rings. The Kier molecular flexibility index (Phi) is 2.70. The van der Waals surface area contributed by atoms with E-state index in [4.69, 9.17) is 25.8 Å². The number of rotatable bonds is 2. The minimum atomic E-state index is -0.0688. The van der Waals surface area contributed by atoms with Crippen LogP contribution in [0.5, 0.6) is 0 Å². The van der Waals surface area contributed by atoms with Crippen LogP contribution in [-0.2, 0) is 14.2 Å². The fourth-order valence-electron chi connectivity index (χ4n) is 3.09. The number of hydrogen-bond acceptors (Lipinski definition) is 3. The molecule has 0 spiro atoms. The molecule has 2 heterocycles. The van der Waals surface area contributed by atoms with Crippen LogP contribution in [-0.4, -0.2) is 36.6 Å². The van der Waals surface area contributed by atoms with Gasteiger partial charge in [-0.2, -0.15) is 0 Å². The van der Waals surface area contributed by atoms with Gasteiger partial charge in [0.15, 0.2) is 6.29 Å². The standard InChI is InChI=1S/C12H19ClO3/c1-7-3-10-12(2,16-10)4-9(7)11-14-6-8(5-13)15-11/h7-11H,3-6H2,1-2H3/t7-,8+,9+,10-,11-,12+/m1/s1. The van der Waals surface area contributed by atoms with Gasteiger partial charge in [0, 0.05) is 5.92 Å². The summed E-state index contributed by atoms with van der Waals surface area (Å²) in [4.78, 5) is 0. The lowest BCUT2D eigenvalue weighted by Crippen LogP contribution is -2.37. The molecule has 0 radical (unpaired) electrons. The quantitative estimate of drug-likeness (QED) is 0.553. The number of alkyl halides is 1. The van der Waals surface area contributed by atoms with E-state index in [1.807, 2.05) is 0 Å². The Labute approximate surface area is 101 Å². The van der Waals surface area contributed by atoms with Crippen LogP contribution in [0.3, 0.4) is 0 Å². The van der Waals surface area contributed by atoms with Gasteiger partial charge < -0.3 is 14.2 Å². The predicted octanol–water partition coefficient (Wildman–Crippen LogP) is 2.17. The summed E-state index contributed by atoms with van der Waals surface area (Å²) in [6.45, 7) is 5.11. The highest BCUT2D eigenvalue weighted by molar-refractivity contribution is 6.18. The highest BCUT2D eigenvalue weighted by atomic mass is 35.5. The van der Waals surface area contributed by atoms with Gasteiger partial charge in [-0.25, -0.2) is 0 Å². The van der Waals surface area contributed by atoms with Crippen LogP contribution in [0.1, 0.15) is 26.7 Å². The van der Waals surface area contributed by atoms with Crippen LogP contribution in [0, 0.1) is 11.8 Å². The third-order valence-corrected chi connectivity index (χ3v) is 4.63. The summed E-state index contributed by atoms with van der Waals surface area (Å²) in [6, 6.07) is 0. The summed E-state index contributed by atoms with van der Waals surface area (Å²) in [5.74, 6) is 1.59. The Morgan fingerprint density at radius 2 is 2.25 bits per heavy atom. The maximum absolute atomic E-state index is 5.82. The molecule has 0 aromatic heterocycles. The molecule has 4 heteroatoms. The second-order valence-electron chi connectivity index (χ2n) is 5.61. The highest BCUT2D eigenvalue weighted by Crippen LogP contribution is 2.53. The van der Waals surface area contributed by atoms with Gasteiger partial charge in [-0.3, -0.25) is 0 Å². The summed E-state index contributed by atoms with van der Waals surface area (Å²) in [5, 5.41) is 0. The van der Waals surface area contributed by atoms with Crippen molar-refractivity contribution in [2.75, 3.05) is 12.5 Å². The maximum Gasteiger partial charge on any atom is 0.161 e. The Balaban J connectivity index is 1.65. The van der Waals surface area contributed by atoms with Gasteiger partial charge in [-0.1, -0.05) is 6.92 Å². The zero-order valence-electron chi connectivity index (χ0n) is 9.82. The van der Waals surface area contributed by atoms with Crippen molar-refractivity contribution in [1.29, 1.82) is 0 Å². The summed E-state index contributed by atoms with van der Waals surface area (Å²) in [5.41, 5.74) is 0.100. The minimum Gasteiger partial charge on any atom is -0.366 e. The molecule has 0 aromatic rings. The van der Waals surface area contributed by atoms with Crippen LogP contribution in [0.4, 0.5) is 0 Å². The van der Waals surface area contributed by atoms with E-state index >= 15 is 0 Å². The summed E-state index contributed by atoms with van der Waals surface area (Å²) in [6.07, 6.45) is 2.67. The second kappa shape index (κ2) is 3.84. The molecule has 0 N–H and O–H groups in total. The van der Waals surface area contributed by atoms with Crippen LogP contribution in [0.25, 0.3) is 0 Å². The Bertz CT molecular complexity index is 285. The van der Waals surface area contributed by atoms with E-state index in [1.165, 1.54) is 0 Å². The lowest BCUT2D eigenvalue weighted by atomic mass is 9.75. The Morgan fingerprint density at radius 1 is 1.44 bits per heavy atom. The van der Waals surface area contributed by atoms with Crippen molar-refractivity contribution in [1.82, 2.24) is 0 Å². The molecule has 1 saturated carbocycles. The number of halogens is 1. The van der Waals surface area contributed by atoms with E-state index in [2.05, 4.69) is 13.8 Å². The maximum atomic E-state index is 5.82. The monoisotopic (exact) mass is 246 g/mol. The number of fused-ring (bicyclic) bond motifs is 1. The van der Waals surface area contributed by atoms with E-state index in [9.17, 15) is 0 Å². The van der Waals surface area contributed by atoms with Crippen molar-refractivity contribution in [2.24, 2.45) is 11.8 Å². The van der Waals surface area contributed by atoms with E-state index in [0.717, 1.165) is 12.8 Å². The van der Waals surface area contributed by atoms with Gasteiger partial charge in [-0.15, -0.1) is 11.6 Å². The Hall–Kier alpha value is 0.170. The zero-order valence-corrected chi connectivity index (χ0v) is 10.6. The van der Waals surface area contributed by atoms with Gasteiger partial charge in [0.2, 0.25) is 0 Å². The third kappa shape index (κ3) is 1.78. The van der Waals surface area contributed by atoms with E-state index in [0.29, 0.717) is 30.4 Å². The largest absolute Gasteiger partial charge is 0.366 e. The van der Waals surface area contributed by atoms with Gasteiger partial charge in [-0.05, 0) is 25.7 Å². The summed E-state index contributed by atoms with van der Waals surface area (Å²) in [7, 11) is 0. The van der Waals surface area contributed by atoms with Crippen molar-refractivity contribution in [2.45, 2.75) is 50.8 Å². The van der Waals surface area contributed by atoms with Gasteiger partial charge >= 0.3 is 0 Å². The molecule has 3 nitrogen and oxygen atoms in total. The SMILES string of the molecule is C[C@@H]1C[C@H]2O[C@@]2(C)C[C@@H]1[C@@H]1OC[C@H](CCl)O1. The fraction of sp³-hybridized carbons (Fsp3) is 1.00. The van der Waals surface area contributed by atoms with Crippen LogP contribution in [0.2, 0.25) is 0 Å². The minimum absolute atomic E-state index is 0.0688. The van der Waals surface area contributed by atoms with Gasteiger partial charge in [0.1, 0.15) is 0 Å². The van der Waals surface area contributed by atoms with E-state index < -0.39 is 0 Å². The lowest BCUT2D eigenvalue weighted by Gasteiger charge is -2.32. The molecule has 0 unspecified atom stereocenters. The van der Waals surface area contributed by atoms with E-state index in [1.54, 1.807) is 0 Å². The Morgan fingerprint density at radius 3 is 2.94 bits per heavy atom. The second-order valence-corrected chi connectivity index (χ2v) is 5.92.